The molecule has 0 bridgehead atoms. The second-order valence-corrected chi connectivity index (χ2v) is 2.86. The van der Waals surface area contributed by atoms with Crippen molar-refractivity contribution in [3.63, 3.8) is 0 Å². The van der Waals surface area contributed by atoms with Gasteiger partial charge in [0.05, 0.1) is 13.2 Å². The molecule has 10 heavy (non-hydrogen) atoms. The van der Waals surface area contributed by atoms with Crippen molar-refractivity contribution >= 4 is 0 Å². The molecular formula is C7H15NO2. The van der Waals surface area contributed by atoms with Gasteiger partial charge in [-0.3, -0.25) is 0 Å². The molecule has 60 valence electrons. The van der Waals surface area contributed by atoms with Gasteiger partial charge >= 0.3 is 0 Å². The molecule has 1 saturated heterocycles. The first-order valence-electron chi connectivity index (χ1n) is 3.84. The van der Waals surface area contributed by atoms with Gasteiger partial charge in [0.15, 0.2) is 0 Å². The molecule has 1 fully saturated rings. The first-order chi connectivity index (χ1) is 4.86. The molecule has 1 aliphatic rings. The van der Waals surface area contributed by atoms with Gasteiger partial charge in [0.1, 0.15) is 0 Å². The van der Waals surface area contributed by atoms with E-state index in [0.717, 1.165) is 19.3 Å². The third-order valence-corrected chi connectivity index (χ3v) is 2.02. The predicted octanol–water partition coefficient (Wildman–Crippen LogP) is -0.518. The fraction of sp³-hybridized carbons (Fsp3) is 1.00. The summed E-state index contributed by atoms with van der Waals surface area (Å²) in [7, 11) is 0. The Bertz CT molecular complexity index is 87.6. The number of aliphatic hydroxyl groups excluding tert-OH is 2. The second-order valence-electron chi connectivity index (χ2n) is 2.86. The minimum Gasteiger partial charge on any atom is -0.395 e. The van der Waals surface area contributed by atoms with E-state index >= 15 is 0 Å². The lowest BCUT2D eigenvalue weighted by Gasteiger charge is -2.28. The highest BCUT2D eigenvalue weighted by Crippen LogP contribution is 2.11. The van der Waals surface area contributed by atoms with Crippen molar-refractivity contribution in [2.45, 2.75) is 31.3 Å². The van der Waals surface area contributed by atoms with Crippen LogP contribution in [-0.2, 0) is 0 Å². The van der Waals surface area contributed by atoms with Crippen LogP contribution in [0, 0.1) is 0 Å². The van der Waals surface area contributed by atoms with Crippen molar-refractivity contribution in [3.8, 4) is 0 Å². The van der Waals surface area contributed by atoms with Gasteiger partial charge in [0.25, 0.3) is 0 Å². The molecule has 0 aromatic heterocycles. The molecule has 3 nitrogen and oxygen atoms in total. The largest absolute Gasteiger partial charge is 0.395 e. The highest BCUT2D eigenvalue weighted by atomic mass is 16.3. The minimum atomic E-state index is 0.191. The monoisotopic (exact) mass is 145 g/mol. The lowest BCUT2D eigenvalue weighted by Crippen LogP contribution is -2.45. The van der Waals surface area contributed by atoms with Crippen LogP contribution in [0.2, 0.25) is 0 Å². The van der Waals surface area contributed by atoms with Crippen LogP contribution in [0.1, 0.15) is 19.3 Å². The zero-order chi connectivity index (χ0) is 7.40. The van der Waals surface area contributed by atoms with E-state index in [0.29, 0.717) is 0 Å². The number of rotatable bonds is 2. The second kappa shape index (κ2) is 3.91. The summed E-state index contributed by atoms with van der Waals surface area (Å²) in [5.74, 6) is 0. The predicted molar refractivity (Wildman–Crippen MR) is 38.7 cm³/mol. The highest BCUT2D eigenvalue weighted by molar-refractivity contribution is 4.78. The van der Waals surface area contributed by atoms with Gasteiger partial charge in [-0.15, -0.1) is 0 Å². The quantitative estimate of drug-likeness (QED) is 0.490. The van der Waals surface area contributed by atoms with Crippen molar-refractivity contribution in [2.24, 2.45) is 0 Å². The van der Waals surface area contributed by atoms with Crippen molar-refractivity contribution in [2.75, 3.05) is 13.2 Å². The molecule has 3 heteroatoms. The van der Waals surface area contributed by atoms with Gasteiger partial charge in [0.2, 0.25) is 0 Å². The van der Waals surface area contributed by atoms with Gasteiger partial charge in [-0.25, -0.2) is 0 Å². The average molecular weight is 145 g/mol. The number of aliphatic hydroxyl groups is 2. The Morgan fingerprint density at radius 2 is 1.60 bits per heavy atom. The number of hydrogen-bond acceptors (Lipinski definition) is 3. The fourth-order valence-electron chi connectivity index (χ4n) is 1.40. The summed E-state index contributed by atoms with van der Waals surface area (Å²) >= 11 is 0. The summed E-state index contributed by atoms with van der Waals surface area (Å²) in [6.07, 6.45) is 3.18. The normalized spacial score (nSPS) is 34.2. The van der Waals surface area contributed by atoms with Gasteiger partial charge in [-0.2, -0.15) is 0 Å². The van der Waals surface area contributed by atoms with E-state index in [2.05, 4.69) is 5.32 Å². The zero-order valence-corrected chi connectivity index (χ0v) is 6.08. The summed E-state index contributed by atoms with van der Waals surface area (Å²) in [5.41, 5.74) is 0. The van der Waals surface area contributed by atoms with Crippen LogP contribution in [0.4, 0.5) is 0 Å². The Kier molecular flexibility index (Phi) is 3.12. The Labute approximate surface area is 61.1 Å². The molecule has 1 heterocycles. The molecule has 2 atom stereocenters. The van der Waals surface area contributed by atoms with Crippen molar-refractivity contribution < 1.29 is 10.2 Å². The molecule has 1 rings (SSSR count). The van der Waals surface area contributed by atoms with Crippen LogP contribution in [0.3, 0.4) is 0 Å². The van der Waals surface area contributed by atoms with Gasteiger partial charge in [-0.1, -0.05) is 6.42 Å². The van der Waals surface area contributed by atoms with Gasteiger partial charge < -0.3 is 15.5 Å². The Morgan fingerprint density at radius 1 is 1.10 bits per heavy atom. The molecular weight excluding hydrogens is 130 g/mol. The third kappa shape index (κ3) is 1.94. The molecule has 0 amide bonds. The van der Waals surface area contributed by atoms with E-state index in [9.17, 15) is 0 Å². The lowest BCUT2D eigenvalue weighted by molar-refractivity contribution is 0.158. The molecule has 0 saturated carbocycles. The van der Waals surface area contributed by atoms with Crippen molar-refractivity contribution in [1.29, 1.82) is 0 Å². The smallest absolute Gasteiger partial charge is 0.0584 e. The number of hydrogen-bond donors (Lipinski definition) is 3. The molecule has 0 aromatic rings. The van der Waals surface area contributed by atoms with Crippen LogP contribution in [0.5, 0.6) is 0 Å². The van der Waals surface area contributed by atoms with Crippen molar-refractivity contribution in [1.82, 2.24) is 5.32 Å². The lowest BCUT2D eigenvalue weighted by atomic mass is 10.00. The molecule has 0 aliphatic carbocycles. The van der Waals surface area contributed by atoms with Crippen molar-refractivity contribution in [3.05, 3.63) is 0 Å². The van der Waals surface area contributed by atoms with Crippen LogP contribution >= 0.6 is 0 Å². The van der Waals surface area contributed by atoms with Gasteiger partial charge in [-0.05, 0) is 12.8 Å². The summed E-state index contributed by atoms with van der Waals surface area (Å²) < 4.78 is 0. The van der Waals surface area contributed by atoms with E-state index in [4.69, 9.17) is 10.2 Å². The Morgan fingerprint density at radius 3 is 2.00 bits per heavy atom. The molecule has 0 spiro atoms. The van der Waals surface area contributed by atoms with E-state index in [-0.39, 0.29) is 25.3 Å². The summed E-state index contributed by atoms with van der Waals surface area (Å²) in [6, 6.07) is 0.428. The minimum absolute atomic E-state index is 0.191. The molecule has 0 aromatic carbocycles. The topological polar surface area (TPSA) is 52.5 Å². The SMILES string of the molecule is OC[C@@H]1CCC[C@@H](CO)N1. The first kappa shape index (κ1) is 7.98. The molecule has 3 N–H and O–H groups in total. The Balaban J connectivity index is 2.25. The molecule has 0 radical (unpaired) electrons. The summed E-state index contributed by atoms with van der Waals surface area (Å²) in [4.78, 5) is 0. The van der Waals surface area contributed by atoms with E-state index < -0.39 is 0 Å². The fourth-order valence-corrected chi connectivity index (χ4v) is 1.40. The van der Waals surface area contributed by atoms with Crippen LogP contribution in [-0.4, -0.2) is 35.5 Å². The summed E-state index contributed by atoms with van der Waals surface area (Å²) in [5, 5.41) is 20.7. The maximum Gasteiger partial charge on any atom is 0.0584 e. The number of piperidine rings is 1. The molecule has 0 unspecified atom stereocenters. The summed E-state index contributed by atoms with van der Waals surface area (Å²) in [6.45, 7) is 0.382. The van der Waals surface area contributed by atoms with E-state index in [1.807, 2.05) is 0 Å². The maximum atomic E-state index is 8.76. The van der Waals surface area contributed by atoms with E-state index in [1.54, 1.807) is 0 Å². The zero-order valence-electron chi connectivity index (χ0n) is 6.08. The maximum absolute atomic E-state index is 8.76. The first-order valence-corrected chi connectivity index (χ1v) is 3.84. The van der Waals surface area contributed by atoms with Crippen LogP contribution in [0.25, 0.3) is 0 Å². The number of nitrogens with one attached hydrogen (secondary N) is 1. The van der Waals surface area contributed by atoms with E-state index in [1.165, 1.54) is 0 Å². The standard InChI is InChI=1S/C7H15NO2/c9-4-6-2-1-3-7(5-10)8-6/h6-10H,1-5H2/t6-,7-/m0/s1. The van der Waals surface area contributed by atoms with Crippen LogP contribution in [0.15, 0.2) is 0 Å². The Hall–Kier alpha value is -0.120. The third-order valence-electron chi connectivity index (χ3n) is 2.02. The molecule has 1 aliphatic heterocycles. The highest BCUT2D eigenvalue weighted by Gasteiger charge is 2.18. The average Bonchev–Trinajstić information content (AvgIpc) is 2.05. The van der Waals surface area contributed by atoms with Gasteiger partial charge in [0, 0.05) is 12.1 Å². The van der Waals surface area contributed by atoms with Crippen LogP contribution < -0.4 is 5.32 Å².